The van der Waals surface area contributed by atoms with E-state index in [0.717, 1.165) is 12.0 Å². The first-order chi connectivity index (χ1) is 12.5. The molecule has 136 valence electrons. The number of hydrogen-bond acceptors (Lipinski definition) is 3. The van der Waals surface area contributed by atoms with Crippen molar-refractivity contribution in [3.63, 3.8) is 0 Å². The molecule has 0 bridgehead atoms. The van der Waals surface area contributed by atoms with Crippen molar-refractivity contribution in [2.45, 2.75) is 19.0 Å². The zero-order chi connectivity index (χ0) is 18.9. The van der Waals surface area contributed by atoms with Gasteiger partial charge in [0.2, 0.25) is 0 Å². The zero-order valence-electron chi connectivity index (χ0n) is 15.6. The Morgan fingerprint density at radius 2 is 1.69 bits per heavy atom. The van der Waals surface area contributed by atoms with Crippen LogP contribution in [0.25, 0.3) is 0 Å². The molecule has 0 spiro atoms. The van der Waals surface area contributed by atoms with Crippen LogP contribution < -0.4 is 5.32 Å². The summed E-state index contributed by atoms with van der Waals surface area (Å²) >= 11 is 0. The van der Waals surface area contributed by atoms with Gasteiger partial charge in [0, 0.05) is 26.2 Å². The van der Waals surface area contributed by atoms with E-state index in [2.05, 4.69) is 28.4 Å². The van der Waals surface area contributed by atoms with Gasteiger partial charge in [-0.3, -0.25) is 0 Å². The van der Waals surface area contributed by atoms with Crippen molar-refractivity contribution in [2.24, 2.45) is 0 Å². The summed E-state index contributed by atoms with van der Waals surface area (Å²) in [5, 5.41) is 11.9. The number of benzene rings is 2. The lowest BCUT2D eigenvalue weighted by Gasteiger charge is -2.26. The van der Waals surface area contributed by atoms with Gasteiger partial charge in [0.25, 0.3) is 0 Å². The van der Waals surface area contributed by atoms with Crippen molar-refractivity contribution in [2.75, 3.05) is 27.7 Å². The van der Waals surface area contributed by atoms with Gasteiger partial charge in [0.1, 0.15) is 0 Å². The van der Waals surface area contributed by atoms with Crippen molar-refractivity contribution < 1.29 is 4.79 Å². The summed E-state index contributed by atoms with van der Waals surface area (Å²) in [4.78, 5) is 16.2. The molecule has 0 aliphatic rings. The van der Waals surface area contributed by atoms with Crippen LogP contribution >= 0.6 is 0 Å². The average molecular weight is 350 g/mol. The molecule has 0 aliphatic carbocycles. The quantitative estimate of drug-likeness (QED) is 0.835. The van der Waals surface area contributed by atoms with Gasteiger partial charge in [-0.15, -0.1) is 0 Å². The van der Waals surface area contributed by atoms with Gasteiger partial charge in [-0.2, -0.15) is 5.26 Å². The number of carbonyl (C=O) groups is 1. The van der Waals surface area contributed by atoms with Crippen LogP contribution in [0, 0.1) is 11.3 Å². The maximum absolute atomic E-state index is 12.4. The lowest BCUT2D eigenvalue weighted by atomic mass is 10.1. The van der Waals surface area contributed by atoms with E-state index in [1.807, 2.05) is 44.4 Å². The first-order valence-electron chi connectivity index (χ1n) is 8.68. The number of urea groups is 1. The Labute approximate surface area is 155 Å². The molecule has 1 atom stereocenters. The molecule has 5 nitrogen and oxygen atoms in total. The van der Waals surface area contributed by atoms with E-state index in [1.54, 1.807) is 24.1 Å². The lowest BCUT2D eigenvalue weighted by molar-refractivity contribution is 0.200. The molecule has 0 heterocycles. The topological polar surface area (TPSA) is 59.4 Å². The van der Waals surface area contributed by atoms with E-state index in [0.29, 0.717) is 18.7 Å². The lowest BCUT2D eigenvalue weighted by Crippen LogP contribution is -2.45. The molecule has 0 radical (unpaired) electrons. The second-order valence-electron chi connectivity index (χ2n) is 6.66. The molecule has 0 saturated heterocycles. The Kier molecular flexibility index (Phi) is 7.19. The van der Waals surface area contributed by atoms with E-state index in [1.165, 1.54) is 5.56 Å². The summed E-state index contributed by atoms with van der Waals surface area (Å²) < 4.78 is 0. The van der Waals surface area contributed by atoms with Gasteiger partial charge in [-0.1, -0.05) is 42.5 Å². The molecule has 2 aromatic carbocycles. The Morgan fingerprint density at radius 1 is 1.04 bits per heavy atom. The van der Waals surface area contributed by atoms with Crippen LogP contribution in [-0.2, 0) is 13.0 Å². The molecule has 0 fully saturated rings. The standard InChI is InChI=1S/C21H26N4O/c1-24(2)20(13-17-7-5-4-6-8-17)15-23-21(26)25(3)16-19-11-9-18(14-22)10-12-19/h4-12,20H,13,15-16H2,1-3H3,(H,23,26). The molecule has 1 N–H and O–H groups in total. The zero-order valence-corrected chi connectivity index (χ0v) is 15.6. The van der Waals surface area contributed by atoms with Crippen LogP contribution in [0.4, 0.5) is 4.79 Å². The minimum absolute atomic E-state index is 0.103. The van der Waals surface area contributed by atoms with Crippen molar-refractivity contribution >= 4 is 6.03 Å². The third-order valence-electron chi connectivity index (χ3n) is 4.38. The van der Waals surface area contributed by atoms with Gasteiger partial charge >= 0.3 is 6.03 Å². The van der Waals surface area contributed by atoms with E-state index >= 15 is 0 Å². The van der Waals surface area contributed by atoms with Crippen molar-refractivity contribution in [1.29, 1.82) is 5.26 Å². The minimum Gasteiger partial charge on any atom is -0.336 e. The van der Waals surface area contributed by atoms with E-state index in [4.69, 9.17) is 5.26 Å². The predicted molar refractivity (Wildman–Crippen MR) is 104 cm³/mol. The van der Waals surface area contributed by atoms with Crippen LogP contribution in [0.3, 0.4) is 0 Å². The number of carbonyl (C=O) groups excluding carboxylic acids is 1. The Balaban J connectivity index is 1.87. The SMILES string of the molecule is CN(Cc1ccc(C#N)cc1)C(=O)NCC(Cc1ccccc1)N(C)C. The third kappa shape index (κ3) is 5.91. The first-order valence-corrected chi connectivity index (χ1v) is 8.68. The molecule has 2 rings (SSSR count). The highest BCUT2D eigenvalue weighted by molar-refractivity contribution is 5.73. The highest BCUT2D eigenvalue weighted by Crippen LogP contribution is 2.08. The van der Waals surface area contributed by atoms with Crippen LogP contribution in [0.15, 0.2) is 54.6 Å². The van der Waals surface area contributed by atoms with Crippen molar-refractivity contribution in [3.8, 4) is 6.07 Å². The number of nitrogens with one attached hydrogen (secondary N) is 1. The second kappa shape index (κ2) is 9.59. The molecule has 0 aliphatic heterocycles. The maximum Gasteiger partial charge on any atom is 0.317 e. The largest absolute Gasteiger partial charge is 0.336 e. The fraction of sp³-hybridized carbons (Fsp3) is 0.333. The van der Waals surface area contributed by atoms with Gasteiger partial charge < -0.3 is 15.1 Å². The number of rotatable bonds is 7. The molecule has 26 heavy (non-hydrogen) atoms. The van der Waals surface area contributed by atoms with Crippen LogP contribution in [-0.4, -0.2) is 49.6 Å². The molecule has 5 heteroatoms. The Morgan fingerprint density at radius 3 is 2.27 bits per heavy atom. The number of hydrogen-bond donors (Lipinski definition) is 1. The van der Waals surface area contributed by atoms with E-state index in [-0.39, 0.29) is 12.1 Å². The van der Waals surface area contributed by atoms with Crippen molar-refractivity contribution in [1.82, 2.24) is 15.1 Å². The number of likely N-dealkylation sites (N-methyl/N-ethyl adjacent to an activating group) is 1. The summed E-state index contributed by atoms with van der Waals surface area (Å²) in [6.45, 7) is 1.08. The summed E-state index contributed by atoms with van der Waals surface area (Å²) in [5.74, 6) is 0. The fourth-order valence-electron chi connectivity index (χ4n) is 2.69. The predicted octanol–water partition coefficient (Wildman–Crippen LogP) is 2.87. The second-order valence-corrected chi connectivity index (χ2v) is 6.66. The van der Waals surface area contributed by atoms with Crippen LogP contribution in [0.5, 0.6) is 0 Å². The van der Waals surface area contributed by atoms with Gasteiger partial charge in [-0.25, -0.2) is 4.79 Å². The van der Waals surface area contributed by atoms with E-state index < -0.39 is 0 Å². The van der Waals surface area contributed by atoms with Crippen LogP contribution in [0.2, 0.25) is 0 Å². The third-order valence-corrected chi connectivity index (χ3v) is 4.38. The molecular weight excluding hydrogens is 324 g/mol. The molecule has 2 aromatic rings. The summed E-state index contributed by atoms with van der Waals surface area (Å²) in [6, 6.07) is 19.8. The first kappa shape index (κ1) is 19.5. The minimum atomic E-state index is -0.103. The van der Waals surface area contributed by atoms with Gasteiger partial charge in [-0.05, 0) is 43.8 Å². The molecule has 1 unspecified atom stereocenters. The number of nitriles is 1. The average Bonchev–Trinajstić information content (AvgIpc) is 2.66. The fourth-order valence-corrected chi connectivity index (χ4v) is 2.69. The maximum atomic E-state index is 12.4. The number of amides is 2. The van der Waals surface area contributed by atoms with E-state index in [9.17, 15) is 4.79 Å². The summed E-state index contributed by atoms with van der Waals surface area (Å²) in [5.41, 5.74) is 2.87. The van der Waals surface area contributed by atoms with Gasteiger partial charge in [0.05, 0.1) is 11.6 Å². The highest BCUT2D eigenvalue weighted by Gasteiger charge is 2.15. The normalized spacial score (nSPS) is 11.7. The molecule has 0 saturated carbocycles. The Bertz CT molecular complexity index is 735. The monoisotopic (exact) mass is 350 g/mol. The highest BCUT2D eigenvalue weighted by atomic mass is 16.2. The molecular formula is C21H26N4O. The van der Waals surface area contributed by atoms with Crippen molar-refractivity contribution in [3.05, 3.63) is 71.3 Å². The summed E-state index contributed by atoms with van der Waals surface area (Å²) in [6.07, 6.45) is 0.882. The molecule has 2 amide bonds. The smallest absolute Gasteiger partial charge is 0.317 e. The number of nitrogens with zero attached hydrogens (tertiary/aromatic N) is 3. The van der Waals surface area contributed by atoms with Crippen LogP contribution in [0.1, 0.15) is 16.7 Å². The Hall–Kier alpha value is -2.84. The molecule has 0 aromatic heterocycles. The summed E-state index contributed by atoms with van der Waals surface area (Å²) in [7, 11) is 5.83. The van der Waals surface area contributed by atoms with Gasteiger partial charge in [0.15, 0.2) is 0 Å².